The monoisotopic (exact) mass is 320 g/mol. The van der Waals surface area contributed by atoms with E-state index in [1.54, 1.807) is 7.11 Å². The molecule has 0 radical (unpaired) electrons. The van der Waals surface area contributed by atoms with Gasteiger partial charge in [0.05, 0.1) is 7.11 Å². The Balaban J connectivity index is 2.35. The first-order chi connectivity index (χ1) is 9.02. The van der Waals surface area contributed by atoms with Gasteiger partial charge >= 0.3 is 0 Å². The molecular weight excluding hydrogens is 304 g/mol. The summed E-state index contributed by atoms with van der Waals surface area (Å²) in [4.78, 5) is 0. The van der Waals surface area contributed by atoms with E-state index < -0.39 is 6.10 Å². The van der Waals surface area contributed by atoms with Crippen LogP contribution in [-0.2, 0) is 0 Å². The number of aliphatic hydroxyl groups is 1. The first-order valence-corrected chi connectivity index (χ1v) is 6.91. The zero-order valence-electron chi connectivity index (χ0n) is 11.3. The quantitative estimate of drug-likeness (QED) is 0.920. The SMILES string of the molecule is COc1ccc(C(O)c2ccc(C)c(Br)c2)cc1C. The molecule has 0 aromatic heterocycles. The fourth-order valence-corrected chi connectivity index (χ4v) is 2.44. The highest BCUT2D eigenvalue weighted by Crippen LogP contribution is 2.29. The topological polar surface area (TPSA) is 29.5 Å². The molecule has 100 valence electrons. The molecule has 1 unspecified atom stereocenters. The van der Waals surface area contributed by atoms with Gasteiger partial charge in [-0.05, 0) is 54.3 Å². The molecule has 2 rings (SSSR count). The molecule has 0 aliphatic carbocycles. The van der Waals surface area contributed by atoms with Gasteiger partial charge in [-0.3, -0.25) is 0 Å². The van der Waals surface area contributed by atoms with Crippen molar-refractivity contribution < 1.29 is 9.84 Å². The van der Waals surface area contributed by atoms with Gasteiger partial charge in [0.25, 0.3) is 0 Å². The van der Waals surface area contributed by atoms with Gasteiger partial charge in [-0.2, -0.15) is 0 Å². The van der Waals surface area contributed by atoms with Gasteiger partial charge < -0.3 is 9.84 Å². The van der Waals surface area contributed by atoms with Crippen LogP contribution in [0.5, 0.6) is 5.75 Å². The van der Waals surface area contributed by atoms with Crippen LogP contribution < -0.4 is 4.74 Å². The van der Waals surface area contributed by atoms with Crippen molar-refractivity contribution in [1.82, 2.24) is 0 Å². The summed E-state index contributed by atoms with van der Waals surface area (Å²) in [5, 5.41) is 10.4. The number of aryl methyl sites for hydroxylation is 2. The third-order valence-electron chi connectivity index (χ3n) is 3.25. The fraction of sp³-hybridized carbons (Fsp3) is 0.250. The smallest absolute Gasteiger partial charge is 0.121 e. The summed E-state index contributed by atoms with van der Waals surface area (Å²) in [6.07, 6.45) is -0.624. The molecule has 0 heterocycles. The van der Waals surface area contributed by atoms with Crippen molar-refractivity contribution >= 4 is 15.9 Å². The normalized spacial score (nSPS) is 12.3. The Bertz CT molecular complexity index is 593. The largest absolute Gasteiger partial charge is 0.496 e. The van der Waals surface area contributed by atoms with Crippen molar-refractivity contribution in [2.75, 3.05) is 7.11 Å². The van der Waals surface area contributed by atoms with Crippen molar-refractivity contribution in [2.24, 2.45) is 0 Å². The highest BCUT2D eigenvalue weighted by molar-refractivity contribution is 9.10. The van der Waals surface area contributed by atoms with Crippen molar-refractivity contribution in [2.45, 2.75) is 20.0 Å². The number of hydrogen-bond donors (Lipinski definition) is 1. The Kier molecular flexibility index (Phi) is 4.27. The minimum Gasteiger partial charge on any atom is -0.496 e. The number of benzene rings is 2. The fourth-order valence-electron chi connectivity index (χ4n) is 2.04. The second-order valence-electron chi connectivity index (χ2n) is 4.64. The van der Waals surface area contributed by atoms with Gasteiger partial charge in [0.2, 0.25) is 0 Å². The number of rotatable bonds is 3. The summed E-state index contributed by atoms with van der Waals surface area (Å²) >= 11 is 3.49. The summed E-state index contributed by atoms with van der Waals surface area (Å²) in [7, 11) is 1.65. The van der Waals surface area contributed by atoms with Crippen molar-refractivity contribution in [3.63, 3.8) is 0 Å². The summed E-state index contributed by atoms with van der Waals surface area (Å²) in [6.45, 7) is 4.00. The minimum atomic E-state index is -0.624. The van der Waals surface area contributed by atoms with Gasteiger partial charge in [0.15, 0.2) is 0 Å². The molecule has 0 saturated heterocycles. The predicted octanol–water partition coefficient (Wildman–Crippen LogP) is 4.16. The van der Waals surface area contributed by atoms with E-state index in [9.17, 15) is 5.11 Å². The summed E-state index contributed by atoms with van der Waals surface area (Å²) in [6, 6.07) is 11.6. The van der Waals surface area contributed by atoms with Gasteiger partial charge in [0.1, 0.15) is 11.9 Å². The molecule has 2 nitrogen and oxygen atoms in total. The third-order valence-corrected chi connectivity index (χ3v) is 4.10. The molecule has 1 atom stereocenters. The average molecular weight is 321 g/mol. The van der Waals surface area contributed by atoms with Gasteiger partial charge in [-0.15, -0.1) is 0 Å². The number of hydrogen-bond acceptors (Lipinski definition) is 2. The van der Waals surface area contributed by atoms with Crippen LogP contribution in [-0.4, -0.2) is 12.2 Å². The lowest BCUT2D eigenvalue weighted by Crippen LogP contribution is -2.01. The van der Waals surface area contributed by atoms with E-state index in [2.05, 4.69) is 15.9 Å². The maximum atomic E-state index is 10.4. The maximum Gasteiger partial charge on any atom is 0.121 e. The molecule has 3 heteroatoms. The lowest BCUT2D eigenvalue weighted by molar-refractivity contribution is 0.220. The van der Waals surface area contributed by atoms with Crippen LogP contribution in [0, 0.1) is 13.8 Å². The molecule has 19 heavy (non-hydrogen) atoms. The van der Waals surface area contributed by atoms with E-state index in [1.165, 1.54) is 0 Å². The molecule has 0 amide bonds. The molecule has 2 aromatic rings. The molecule has 0 saturated carbocycles. The van der Waals surface area contributed by atoms with E-state index in [1.807, 2.05) is 50.2 Å². The van der Waals surface area contributed by atoms with E-state index in [0.29, 0.717) is 0 Å². The van der Waals surface area contributed by atoms with E-state index in [0.717, 1.165) is 32.5 Å². The highest BCUT2D eigenvalue weighted by Gasteiger charge is 2.12. The molecule has 0 bridgehead atoms. The maximum absolute atomic E-state index is 10.4. The standard InChI is InChI=1S/C16H17BrO2/c1-10-4-5-13(9-14(10)17)16(18)12-6-7-15(19-3)11(2)8-12/h4-9,16,18H,1-3H3. The Morgan fingerprint density at radius 3 is 2.21 bits per heavy atom. The summed E-state index contributed by atoms with van der Waals surface area (Å²) < 4.78 is 6.24. The number of ether oxygens (including phenoxy) is 1. The van der Waals surface area contributed by atoms with E-state index in [-0.39, 0.29) is 0 Å². The zero-order chi connectivity index (χ0) is 14.0. The van der Waals surface area contributed by atoms with Crippen LogP contribution in [0.2, 0.25) is 0 Å². The van der Waals surface area contributed by atoms with Crippen molar-refractivity contribution in [1.29, 1.82) is 0 Å². The summed E-state index contributed by atoms with van der Waals surface area (Å²) in [5.41, 5.74) is 3.92. The van der Waals surface area contributed by atoms with Crippen molar-refractivity contribution in [3.05, 3.63) is 63.1 Å². The predicted molar refractivity (Wildman–Crippen MR) is 80.7 cm³/mol. The van der Waals surface area contributed by atoms with Crippen LogP contribution in [0.15, 0.2) is 40.9 Å². The minimum absolute atomic E-state index is 0.624. The van der Waals surface area contributed by atoms with Crippen LogP contribution in [0.25, 0.3) is 0 Å². The molecule has 0 fully saturated rings. The van der Waals surface area contributed by atoms with Gasteiger partial charge in [-0.25, -0.2) is 0 Å². The number of aliphatic hydroxyl groups excluding tert-OH is 1. The summed E-state index contributed by atoms with van der Waals surface area (Å²) in [5.74, 6) is 0.834. The highest BCUT2D eigenvalue weighted by atomic mass is 79.9. The van der Waals surface area contributed by atoms with E-state index in [4.69, 9.17) is 4.74 Å². The average Bonchev–Trinajstić information content (AvgIpc) is 2.41. The number of halogens is 1. The molecule has 2 aromatic carbocycles. The zero-order valence-corrected chi connectivity index (χ0v) is 12.9. The van der Waals surface area contributed by atoms with Gasteiger partial charge in [-0.1, -0.05) is 34.1 Å². The first kappa shape index (κ1) is 14.1. The first-order valence-electron chi connectivity index (χ1n) is 6.11. The van der Waals surface area contributed by atoms with Gasteiger partial charge in [0, 0.05) is 4.47 Å². The molecule has 0 spiro atoms. The number of methoxy groups -OCH3 is 1. The van der Waals surface area contributed by atoms with Crippen LogP contribution in [0.1, 0.15) is 28.4 Å². The lowest BCUT2D eigenvalue weighted by atomic mass is 9.99. The van der Waals surface area contributed by atoms with Crippen molar-refractivity contribution in [3.8, 4) is 5.75 Å². The molecule has 1 N–H and O–H groups in total. The molecule has 0 aliphatic heterocycles. The Labute approximate surface area is 122 Å². The third kappa shape index (κ3) is 2.99. The van der Waals surface area contributed by atoms with Crippen LogP contribution in [0.4, 0.5) is 0 Å². The second-order valence-corrected chi connectivity index (χ2v) is 5.49. The van der Waals surface area contributed by atoms with Crippen LogP contribution in [0.3, 0.4) is 0 Å². The Morgan fingerprint density at radius 1 is 1.00 bits per heavy atom. The lowest BCUT2D eigenvalue weighted by Gasteiger charge is -2.14. The second kappa shape index (κ2) is 5.76. The van der Waals surface area contributed by atoms with E-state index >= 15 is 0 Å². The molecular formula is C16H17BrO2. The Morgan fingerprint density at radius 2 is 1.63 bits per heavy atom. The molecule has 0 aliphatic rings. The van der Waals surface area contributed by atoms with Crippen LogP contribution >= 0.6 is 15.9 Å². The Hall–Kier alpha value is -1.32.